The highest BCUT2D eigenvalue weighted by Gasteiger charge is 2.25. The molecule has 1 heterocycles. The van der Waals surface area contributed by atoms with Crippen LogP contribution in [0.1, 0.15) is 0 Å². The molecular formula is C20H15BN2. The van der Waals surface area contributed by atoms with Crippen LogP contribution in [0, 0.1) is 0 Å². The highest BCUT2D eigenvalue weighted by atomic mass is 15.0. The van der Waals surface area contributed by atoms with Gasteiger partial charge in [0, 0.05) is 16.8 Å². The van der Waals surface area contributed by atoms with E-state index in [1.54, 1.807) is 0 Å². The van der Waals surface area contributed by atoms with Gasteiger partial charge in [-0.25, -0.2) is 0 Å². The van der Waals surface area contributed by atoms with Crippen molar-refractivity contribution in [2.45, 2.75) is 0 Å². The summed E-state index contributed by atoms with van der Waals surface area (Å²) in [6.07, 6.45) is 0. The first-order valence-electron chi connectivity index (χ1n) is 7.92. The summed E-state index contributed by atoms with van der Waals surface area (Å²) in [7, 11) is 0. The quantitative estimate of drug-likeness (QED) is 0.513. The summed E-state index contributed by atoms with van der Waals surface area (Å²) < 4.78 is 0. The minimum absolute atomic E-state index is 0.0834. The largest absolute Gasteiger partial charge is 0.406 e. The van der Waals surface area contributed by atoms with Gasteiger partial charge in [-0.15, -0.1) is 0 Å². The molecule has 3 heteroatoms. The number of nitrogens with one attached hydrogen (secondary N) is 2. The molecule has 23 heavy (non-hydrogen) atoms. The smallest absolute Gasteiger partial charge is 0.405 e. The molecule has 1 aliphatic heterocycles. The summed E-state index contributed by atoms with van der Waals surface area (Å²) in [6.45, 7) is 0.0834. The minimum Gasteiger partial charge on any atom is -0.405 e. The van der Waals surface area contributed by atoms with Crippen molar-refractivity contribution in [3.05, 3.63) is 78.9 Å². The molecule has 108 valence electrons. The Morgan fingerprint density at radius 3 is 1.96 bits per heavy atom. The van der Waals surface area contributed by atoms with Gasteiger partial charge in [0.2, 0.25) is 0 Å². The Labute approximate surface area is 135 Å². The molecule has 0 saturated heterocycles. The molecule has 0 bridgehead atoms. The third kappa shape index (κ3) is 1.97. The molecule has 2 N–H and O–H groups in total. The van der Waals surface area contributed by atoms with Gasteiger partial charge in [0.25, 0.3) is 0 Å². The first-order chi connectivity index (χ1) is 11.4. The molecule has 5 rings (SSSR count). The van der Waals surface area contributed by atoms with Crippen molar-refractivity contribution in [2.75, 3.05) is 10.5 Å². The summed E-state index contributed by atoms with van der Waals surface area (Å²) in [4.78, 5) is 0. The van der Waals surface area contributed by atoms with E-state index in [2.05, 4.69) is 89.3 Å². The van der Waals surface area contributed by atoms with Crippen LogP contribution < -0.4 is 15.9 Å². The molecule has 0 spiro atoms. The first kappa shape index (κ1) is 12.6. The highest BCUT2D eigenvalue weighted by molar-refractivity contribution is 6.80. The van der Waals surface area contributed by atoms with Crippen molar-refractivity contribution in [2.24, 2.45) is 0 Å². The normalized spacial score (nSPS) is 13.0. The van der Waals surface area contributed by atoms with Gasteiger partial charge in [-0.1, -0.05) is 66.7 Å². The van der Waals surface area contributed by atoms with Crippen LogP contribution in [-0.2, 0) is 0 Å². The Bertz CT molecular complexity index is 1000. The van der Waals surface area contributed by atoms with Gasteiger partial charge in [-0.2, -0.15) is 0 Å². The highest BCUT2D eigenvalue weighted by Crippen LogP contribution is 2.33. The second-order valence-electron chi connectivity index (χ2n) is 6.04. The molecular weight excluding hydrogens is 279 g/mol. The van der Waals surface area contributed by atoms with Crippen LogP contribution in [0.5, 0.6) is 0 Å². The van der Waals surface area contributed by atoms with E-state index in [1.807, 2.05) is 0 Å². The standard InChI is InChI=1S/C20H15BN2/c1-2-6-16-13-17(12-11-14(16)5-1)21-22-18-9-3-7-15-8-4-10-19(23-21)20(15)18/h1-13,22-23H. The average Bonchev–Trinajstić information content (AvgIpc) is 2.62. The van der Waals surface area contributed by atoms with Crippen molar-refractivity contribution >= 4 is 45.4 Å². The van der Waals surface area contributed by atoms with E-state index in [1.165, 1.54) is 38.4 Å². The zero-order chi connectivity index (χ0) is 15.2. The number of fused-ring (bicyclic) bond motifs is 1. The van der Waals surface area contributed by atoms with Crippen molar-refractivity contribution in [1.82, 2.24) is 0 Å². The summed E-state index contributed by atoms with van der Waals surface area (Å²) in [5, 5.41) is 12.3. The molecule has 2 nitrogen and oxygen atoms in total. The van der Waals surface area contributed by atoms with Gasteiger partial charge >= 0.3 is 6.98 Å². The summed E-state index contributed by atoms with van der Waals surface area (Å²) in [5.74, 6) is 0. The monoisotopic (exact) mass is 294 g/mol. The van der Waals surface area contributed by atoms with E-state index in [9.17, 15) is 0 Å². The fraction of sp³-hybridized carbons (Fsp3) is 0. The summed E-state index contributed by atoms with van der Waals surface area (Å²) >= 11 is 0. The maximum atomic E-state index is 3.63. The van der Waals surface area contributed by atoms with E-state index >= 15 is 0 Å². The van der Waals surface area contributed by atoms with E-state index < -0.39 is 0 Å². The lowest BCUT2D eigenvalue weighted by molar-refractivity contribution is 1.60. The van der Waals surface area contributed by atoms with Gasteiger partial charge in [-0.05, 0) is 33.8 Å². The Kier molecular flexibility index (Phi) is 2.62. The third-order valence-electron chi connectivity index (χ3n) is 4.61. The first-order valence-corrected chi connectivity index (χ1v) is 7.92. The predicted octanol–water partition coefficient (Wildman–Crippen LogP) is 4.23. The van der Waals surface area contributed by atoms with E-state index in [4.69, 9.17) is 0 Å². The molecule has 4 aromatic carbocycles. The predicted molar refractivity (Wildman–Crippen MR) is 101 cm³/mol. The number of rotatable bonds is 1. The Hall–Kier alpha value is -2.94. The molecule has 0 radical (unpaired) electrons. The van der Waals surface area contributed by atoms with Crippen molar-refractivity contribution in [3.8, 4) is 0 Å². The third-order valence-corrected chi connectivity index (χ3v) is 4.61. The fourth-order valence-corrected chi connectivity index (χ4v) is 3.48. The van der Waals surface area contributed by atoms with Crippen LogP contribution in [0.4, 0.5) is 11.4 Å². The lowest BCUT2D eigenvalue weighted by atomic mass is 9.65. The molecule has 1 aliphatic rings. The molecule has 0 aliphatic carbocycles. The van der Waals surface area contributed by atoms with Gasteiger partial charge < -0.3 is 10.5 Å². The topological polar surface area (TPSA) is 24.1 Å². The molecule has 0 unspecified atom stereocenters. The van der Waals surface area contributed by atoms with Crippen molar-refractivity contribution in [3.63, 3.8) is 0 Å². The zero-order valence-corrected chi connectivity index (χ0v) is 12.6. The number of benzene rings is 4. The lowest BCUT2D eigenvalue weighted by Crippen LogP contribution is -2.47. The Balaban J connectivity index is 1.62. The van der Waals surface area contributed by atoms with Crippen molar-refractivity contribution < 1.29 is 0 Å². The number of hydrogen-bond acceptors (Lipinski definition) is 2. The van der Waals surface area contributed by atoms with Crippen LogP contribution in [0.2, 0.25) is 0 Å². The van der Waals surface area contributed by atoms with Crippen LogP contribution in [0.25, 0.3) is 21.5 Å². The fourth-order valence-electron chi connectivity index (χ4n) is 3.48. The SMILES string of the molecule is c1ccc2cc(B3Nc4cccc5cccc(c45)N3)ccc2c1. The summed E-state index contributed by atoms with van der Waals surface area (Å²) in [5.41, 5.74) is 3.63. The molecule has 0 aromatic heterocycles. The molecule has 0 fully saturated rings. The molecule has 4 aromatic rings. The minimum atomic E-state index is 0.0834. The van der Waals surface area contributed by atoms with Crippen LogP contribution in [0.3, 0.4) is 0 Å². The van der Waals surface area contributed by atoms with E-state index in [0.29, 0.717) is 0 Å². The maximum Gasteiger partial charge on any atom is 0.406 e. The molecule has 0 atom stereocenters. The van der Waals surface area contributed by atoms with E-state index in [0.717, 1.165) is 0 Å². The van der Waals surface area contributed by atoms with Crippen LogP contribution >= 0.6 is 0 Å². The van der Waals surface area contributed by atoms with Crippen LogP contribution in [0.15, 0.2) is 78.9 Å². The van der Waals surface area contributed by atoms with Crippen molar-refractivity contribution in [1.29, 1.82) is 0 Å². The maximum absolute atomic E-state index is 3.63. The number of anilines is 2. The second-order valence-corrected chi connectivity index (χ2v) is 6.04. The average molecular weight is 294 g/mol. The number of hydrogen-bond donors (Lipinski definition) is 2. The molecule has 0 saturated carbocycles. The van der Waals surface area contributed by atoms with Gasteiger partial charge in [0.1, 0.15) is 0 Å². The Morgan fingerprint density at radius 1 is 0.565 bits per heavy atom. The van der Waals surface area contributed by atoms with Gasteiger partial charge in [0.05, 0.1) is 0 Å². The summed E-state index contributed by atoms with van der Waals surface area (Å²) in [6, 6.07) is 28.0. The zero-order valence-electron chi connectivity index (χ0n) is 12.6. The van der Waals surface area contributed by atoms with Gasteiger partial charge in [-0.3, -0.25) is 0 Å². The second kappa shape index (κ2) is 4.78. The van der Waals surface area contributed by atoms with Crippen LogP contribution in [-0.4, -0.2) is 6.98 Å². The lowest BCUT2D eigenvalue weighted by Gasteiger charge is -2.27. The Morgan fingerprint density at radius 2 is 1.22 bits per heavy atom. The van der Waals surface area contributed by atoms with E-state index in [-0.39, 0.29) is 6.98 Å². The molecule has 0 amide bonds. The van der Waals surface area contributed by atoms with Gasteiger partial charge in [0.15, 0.2) is 0 Å².